The van der Waals surface area contributed by atoms with Crippen LogP contribution in [0.4, 0.5) is 0 Å². The molecule has 1 aromatic rings. The second kappa shape index (κ2) is 10.2. The van der Waals surface area contributed by atoms with E-state index in [4.69, 9.17) is 4.74 Å². The third-order valence-corrected chi connectivity index (χ3v) is 4.02. The molecule has 0 aromatic carbocycles. The van der Waals surface area contributed by atoms with Gasteiger partial charge >= 0.3 is 0 Å². The molecule has 1 N–H and O–H groups in total. The van der Waals surface area contributed by atoms with Gasteiger partial charge in [0.25, 0.3) is 0 Å². The van der Waals surface area contributed by atoms with Crippen LogP contribution in [0.3, 0.4) is 0 Å². The van der Waals surface area contributed by atoms with Crippen LogP contribution in [0.2, 0.25) is 0 Å². The Balaban J connectivity index is 2.57. The number of ether oxygens (including phenoxy) is 1. The van der Waals surface area contributed by atoms with Gasteiger partial charge in [-0.15, -0.1) is 11.3 Å². The summed E-state index contributed by atoms with van der Waals surface area (Å²) in [5.74, 6) is 0.710. The summed E-state index contributed by atoms with van der Waals surface area (Å²) in [6, 6.07) is 4.19. The smallest absolute Gasteiger partial charge is 0.243 e. The number of thiophene rings is 1. The second-order valence-electron chi connectivity index (χ2n) is 5.10. The topological polar surface area (TPSA) is 57.2 Å². The summed E-state index contributed by atoms with van der Waals surface area (Å²) in [7, 11) is 7.10. The fraction of sp³-hybridized carbons (Fsp3) is 0.600. The number of amides is 1. The number of methoxy groups -OCH3 is 1. The van der Waals surface area contributed by atoms with E-state index in [9.17, 15) is 4.79 Å². The van der Waals surface area contributed by atoms with Crippen molar-refractivity contribution >= 4 is 23.2 Å². The van der Waals surface area contributed by atoms with E-state index >= 15 is 0 Å². The number of carbonyl (C=O) groups excluding carboxylic acids is 1. The third-order valence-electron chi connectivity index (χ3n) is 3.09. The minimum Gasteiger partial charge on any atom is -0.383 e. The quantitative estimate of drug-likeness (QED) is 0.438. The lowest BCUT2D eigenvalue weighted by molar-refractivity contribution is -0.127. The Morgan fingerprint density at radius 1 is 1.41 bits per heavy atom. The molecule has 0 fully saturated rings. The van der Waals surface area contributed by atoms with Crippen molar-refractivity contribution in [1.29, 1.82) is 0 Å². The first-order valence-electron chi connectivity index (χ1n) is 7.25. The van der Waals surface area contributed by atoms with Crippen LogP contribution < -0.4 is 5.32 Å². The Labute approximate surface area is 136 Å². The highest BCUT2D eigenvalue weighted by Gasteiger charge is 2.09. The third kappa shape index (κ3) is 6.91. The zero-order chi connectivity index (χ0) is 16.4. The molecule has 1 heterocycles. The molecule has 1 amide bonds. The van der Waals surface area contributed by atoms with Crippen molar-refractivity contribution < 1.29 is 9.53 Å². The van der Waals surface area contributed by atoms with Crippen LogP contribution in [-0.4, -0.2) is 76.2 Å². The summed E-state index contributed by atoms with van der Waals surface area (Å²) in [4.78, 5) is 21.0. The zero-order valence-electron chi connectivity index (χ0n) is 13.8. The van der Waals surface area contributed by atoms with Gasteiger partial charge in [-0.3, -0.25) is 4.79 Å². The van der Waals surface area contributed by atoms with Crippen LogP contribution in [0.1, 0.15) is 4.88 Å². The average molecular weight is 326 g/mol. The summed E-state index contributed by atoms with van der Waals surface area (Å²) in [6.45, 7) is 2.25. The summed E-state index contributed by atoms with van der Waals surface area (Å²) in [5.41, 5.74) is 0. The van der Waals surface area contributed by atoms with Crippen molar-refractivity contribution in [3.8, 4) is 0 Å². The van der Waals surface area contributed by atoms with E-state index in [2.05, 4.69) is 27.8 Å². The predicted molar refractivity (Wildman–Crippen MR) is 91.5 cm³/mol. The van der Waals surface area contributed by atoms with Crippen LogP contribution in [0.25, 0.3) is 0 Å². The molecule has 0 saturated heterocycles. The largest absolute Gasteiger partial charge is 0.383 e. The van der Waals surface area contributed by atoms with Crippen molar-refractivity contribution in [2.45, 2.75) is 6.42 Å². The van der Waals surface area contributed by atoms with Crippen molar-refractivity contribution in [3.63, 3.8) is 0 Å². The maximum atomic E-state index is 11.7. The van der Waals surface area contributed by atoms with E-state index < -0.39 is 0 Å². The predicted octanol–water partition coefficient (Wildman–Crippen LogP) is 0.903. The highest BCUT2D eigenvalue weighted by atomic mass is 32.1. The summed E-state index contributed by atoms with van der Waals surface area (Å²) >= 11 is 1.75. The van der Waals surface area contributed by atoms with Crippen LogP contribution in [-0.2, 0) is 16.0 Å². The molecule has 0 aliphatic rings. The first-order chi connectivity index (χ1) is 10.5. The monoisotopic (exact) mass is 326 g/mol. The van der Waals surface area contributed by atoms with Gasteiger partial charge in [0.1, 0.15) is 6.54 Å². The van der Waals surface area contributed by atoms with Crippen molar-refractivity contribution in [2.75, 3.05) is 54.5 Å². The molecular formula is C15H26N4O2S. The number of guanidine groups is 1. The molecular weight excluding hydrogens is 300 g/mol. The number of hydrogen-bond donors (Lipinski definition) is 1. The van der Waals surface area contributed by atoms with E-state index in [0.717, 1.165) is 18.9 Å². The Hall–Kier alpha value is -1.60. The van der Waals surface area contributed by atoms with Gasteiger partial charge in [-0.1, -0.05) is 6.07 Å². The van der Waals surface area contributed by atoms with Crippen molar-refractivity contribution in [3.05, 3.63) is 22.4 Å². The molecule has 0 atom stereocenters. The Morgan fingerprint density at radius 3 is 2.77 bits per heavy atom. The lowest BCUT2D eigenvalue weighted by atomic mass is 10.3. The molecule has 0 radical (unpaired) electrons. The average Bonchev–Trinajstić information content (AvgIpc) is 3.01. The maximum Gasteiger partial charge on any atom is 0.243 e. The molecule has 22 heavy (non-hydrogen) atoms. The van der Waals surface area contributed by atoms with Gasteiger partial charge in [-0.2, -0.15) is 0 Å². The molecule has 1 aromatic heterocycles. The van der Waals surface area contributed by atoms with Crippen molar-refractivity contribution in [2.24, 2.45) is 4.99 Å². The van der Waals surface area contributed by atoms with Gasteiger partial charge in [-0.05, 0) is 17.9 Å². The van der Waals surface area contributed by atoms with Gasteiger partial charge in [0.05, 0.1) is 6.61 Å². The molecule has 0 unspecified atom stereocenters. The van der Waals surface area contributed by atoms with Gasteiger partial charge in [0, 0.05) is 46.2 Å². The molecule has 124 valence electrons. The van der Waals surface area contributed by atoms with E-state index in [1.165, 1.54) is 4.88 Å². The lowest BCUT2D eigenvalue weighted by Gasteiger charge is -2.22. The highest BCUT2D eigenvalue weighted by Crippen LogP contribution is 2.09. The fourth-order valence-corrected chi connectivity index (χ4v) is 2.40. The van der Waals surface area contributed by atoms with E-state index in [0.29, 0.717) is 13.2 Å². The second-order valence-corrected chi connectivity index (χ2v) is 6.13. The van der Waals surface area contributed by atoms with Gasteiger partial charge in [0.15, 0.2) is 5.96 Å². The SMILES string of the molecule is COCCNC(=NCC(=O)N(C)C)N(C)CCc1cccs1. The molecule has 1 rings (SSSR count). The number of nitrogens with one attached hydrogen (secondary N) is 1. The molecule has 0 aliphatic heterocycles. The number of hydrogen-bond acceptors (Lipinski definition) is 4. The fourth-order valence-electron chi connectivity index (χ4n) is 1.70. The first-order valence-corrected chi connectivity index (χ1v) is 8.13. The lowest BCUT2D eigenvalue weighted by Crippen LogP contribution is -2.42. The number of rotatable bonds is 8. The Morgan fingerprint density at radius 2 is 2.18 bits per heavy atom. The van der Waals surface area contributed by atoms with E-state index in [-0.39, 0.29) is 12.5 Å². The molecule has 0 bridgehead atoms. The normalized spacial score (nSPS) is 11.4. The highest BCUT2D eigenvalue weighted by molar-refractivity contribution is 7.09. The van der Waals surface area contributed by atoms with Crippen LogP contribution >= 0.6 is 11.3 Å². The zero-order valence-corrected chi connectivity index (χ0v) is 14.7. The standard InChI is InChI=1S/C15H26N4O2S/c1-18(2)14(20)12-17-15(16-8-10-21-4)19(3)9-7-13-6-5-11-22-13/h5-6,11H,7-10,12H2,1-4H3,(H,16,17). The van der Waals surface area contributed by atoms with Gasteiger partial charge in [0.2, 0.25) is 5.91 Å². The molecule has 0 saturated carbocycles. The van der Waals surface area contributed by atoms with Crippen molar-refractivity contribution in [1.82, 2.24) is 15.1 Å². The van der Waals surface area contributed by atoms with Crippen LogP contribution in [0.15, 0.2) is 22.5 Å². The van der Waals surface area contributed by atoms with Gasteiger partial charge in [-0.25, -0.2) is 4.99 Å². The summed E-state index contributed by atoms with van der Waals surface area (Å²) in [5, 5.41) is 5.31. The number of carbonyl (C=O) groups is 1. The minimum absolute atomic E-state index is 0.0160. The minimum atomic E-state index is -0.0160. The Kier molecular flexibility index (Phi) is 8.54. The van der Waals surface area contributed by atoms with E-state index in [1.807, 2.05) is 11.9 Å². The van der Waals surface area contributed by atoms with E-state index in [1.54, 1.807) is 37.4 Å². The number of aliphatic imine (C=N–C) groups is 1. The first kappa shape index (κ1) is 18.4. The molecule has 7 heteroatoms. The van der Waals surface area contributed by atoms with Crippen LogP contribution in [0, 0.1) is 0 Å². The summed E-state index contributed by atoms with van der Waals surface area (Å²) in [6.07, 6.45) is 0.959. The number of nitrogens with zero attached hydrogens (tertiary/aromatic N) is 3. The van der Waals surface area contributed by atoms with Gasteiger partial charge < -0.3 is 19.9 Å². The Bertz CT molecular complexity index is 460. The molecule has 0 spiro atoms. The molecule has 6 nitrogen and oxygen atoms in total. The summed E-state index contributed by atoms with van der Waals surface area (Å²) < 4.78 is 5.05. The maximum absolute atomic E-state index is 11.7. The van der Waals surface area contributed by atoms with Crippen LogP contribution in [0.5, 0.6) is 0 Å². The number of likely N-dealkylation sites (N-methyl/N-ethyl adjacent to an activating group) is 2. The molecule has 0 aliphatic carbocycles.